The molecular weight excluding hydrogens is 420 g/mol. The fraction of sp³-hybridized carbons (Fsp3) is 0.647. The Morgan fingerprint density at radius 3 is 2.13 bits per heavy atom. The van der Waals surface area contributed by atoms with E-state index in [4.69, 9.17) is 21.1 Å². The standard InChI is InChI=1S/C17H26N4O10/c18-9(1-3-13(24)25)16(29)21-7-8(22)5-11(21)15(28)19-6-12(23)20-10(17(30)31)2-4-14(26)27/h8-11,22H,1-7,18H2,(H,19,28)(H,20,23)(H,24,25)(H,26,27)(H,30,31)/t8-,9+,10+,11+/m1/s1. The van der Waals surface area contributed by atoms with Crippen molar-refractivity contribution in [2.24, 2.45) is 5.73 Å². The maximum Gasteiger partial charge on any atom is 0.326 e. The number of carboxylic acids is 3. The zero-order valence-corrected chi connectivity index (χ0v) is 16.5. The highest BCUT2D eigenvalue weighted by Crippen LogP contribution is 2.19. The maximum atomic E-state index is 12.4. The fourth-order valence-corrected chi connectivity index (χ4v) is 2.98. The van der Waals surface area contributed by atoms with E-state index >= 15 is 0 Å². The summed E-state index contributed by atoms with van der Waals surface area (Å²) in [6.45, 7) is -0.838. The minimum Gasteiger partial charge on any atom is -0.481 e. The summed E-state index contributed by atoms with van der Waals surface area (Å²) in [5.74, 6) is -6.22. The lowest BCUT2D eigenvalue weighted by Gasteiger charge is -2.26. The molecule has 0 aromatic heterocycles. The molecule has 0 aliphatic carbocycles. The van der Waals surface area contributed by atoms with E-state index in [1.54, 1.807) is 0 Å². The van der Waals surface area contributed by atoms with Crippen molar-refractivity contribution in [3.63, 3.8) is 0 Å². The molecule has 3 amide bonds. The van der Waals surface area contributed by atoms with Crippen molar-refractivity contribution in [1.82, 2.24) is 15.5 Å². The van der Waals surface area contributed by atoms with E-state index in [1.165, 1.54) is 0 Å². The number of carbonyl (C=O) groups is 6. The van der Waals surface area contributed by atoms with Gasteiger partial charge in [0.1, 0.15) is 12.1 Å². The Balaban J connectivity index is 2.64. The number of nitrogens with one attached hydrogen (secondary N) is 2. The molecule has 1 saturated heterocycles. The second-order valence-electron chi connectivity index (χ2n) is 7.04. The van der Waals surface area contributed by atoms with Gasteiger partial charge in [-0.2, -0.15) is 0 Å². The zero-order valence-electron chi connectivity index (χ0n) is 16.5. The molecule has 0 spiro atoms. The quantitative estimate of drug-likeness (QED) is 0.157. The lowest BCUT2D eigenvalue weighted by Crippen LogP contribution is -2.53. The van der Waals surface area contributed by atoms with Gasteiger partial charge in [-0.25, -0.2) is 4.79 Å². The molecule has 0 saturated carbocycles. The summed E-state index contributed by atoms with van der Waals surface area (Å²) in [6.07, 6.45) is -2.50. The minimum atomic E-state index is -1.46. The molecule has 0 aromatic rings. The average molecular weight is 446 g/mol. The monoisotopic (exact) mass is 446 g/mol. The third kappa shape index (κ3) is 8.55. The van der Waals surface area contributed by atoms with Crippen LogP contribution in [0.4, 0.5) is 0 Å². The highest BCUT2D eigenvalue weighted by molar-refractivity contribution is 5.93. The van der Waals surface area contributed by atoms with Crippen LogP contribution in [0.1, 0.15) is 32.1 Å². The lowest BCUT2D eigenvalue weighted by molar-refractivity contribution is -0.143. The lowest BCUT2D eigenvalue weighted by atomic mass is 10.1. The van der Waals surface area contributed by atoms with E-state index in [-0.39, 0.29) is 32.2 Å². The number of β-amino-alcohol motifs (C(OH)–C–C–N with tert-alkyl or cyclic N) is 1. The van der Waals surface area contributed by atoms with E-state index < -0.39 is 72.8 Å². The highest BCUT2D eigenvalue weighted by atomic mass is 16.4. The predicted molar refractivity (Wildman–Crippen MR) is 100 cm³/mol. The van der Waals surface area contributed by atoms with Gasteiger partial charge in [0.15, 0.2) is 0 Å². The molecule has 0 bridgehead atoms. The molecule has 1 heterocycles. The largest absolute Gasteiger partial charge is 0.481 e. The maximum absolute atomic E-state index is 12.4. The van der Waals surface area contributed by atoms with Gasteiger partial charge < -0.3 is 41.7 Å². The van der Waals surface area contributed by atoms with E-state index in [1.807, 2.05) is 0 Å². The number of aliphatic carboxylic acids is 3. The number of aliphatic hydroxyl groups excluding tert-OH is 1. The Hall–Kier alpha value is -3.26. The topological polar surface area (TPSA) is 237 Å². The normalized spacial score (nSPS) is 19.9. The van der Waals surface area contributed by atoms with E-state index in [0.29, 0.717) is 0 Å². The van der Waals surface area contributed by atoms with Crippen LogP contribution in [0.5, 0.6) is 0 Å². The SMILES string of the molecule is N[C@@H](CCC(=O)O)C(=O)N1C[C@H](O)C[C@H]1C(=O)NCC(=O)N[C@@H](CCC(=O)O)C(=O)O. The summed E-state index contributed by atoms with van der Waals surface area (Å²) in [4.78, 5) is 70.0. The van der Waals surface area contributed by atoms with Crippen LogP contribution in [0.15, 0.2) is 0 Å². The Morgan fingerprint density at radius 2 is 1.58 bits per heavy atom. The fourth-order valence-electron chi connectivity index (χ4n) is 2.98. The number of aliphatic hydroxyl groups is 1. The molecule has 14 heteroatoms. The van der Waals surface area contributed by atoms with Crippen LogP contribution in [-0.2, 0) is 28.8 Å². The first-order chi connectivity index (χ1) is 14.4. The molecule has 8 N–H and O–H groups in total. The van der Waals surface area contributed by atoms with Gasteiger partial charge in [-0.15, -0.1) is 0 Å². The summed E-state index contributed by atoms with van der Waals surface area (Å²) < 4.78 is 0. The predicted octanol–water partition coefficient (Wildman–Crippen LogP) is -3.31. The van der Waals surface area contributed by atoms with Crippen molar-refractivity contribution >= 4 is 35.6 Å². The van der Waals surface area contributed by atoms with Crippen LogP contribution in [0.2, 0.25) is 0 Å². The number of carboxylic acid groups (broad SMARTS) is 3. The number of amides is 3. The van der Waals surface area contributed by atoms with Gasteiger partial charge in [-0.05, 0) is 12.8 Å². The van der Waals surface area contributed by atoms with Crippen LogP contribution in [0.3, 0.4) is 0 Å². The minimum absolute atomic E-state index is 0.124. The molecule has 0 aromatic carbocycles. The Kier molecular flexibility index (Phi) is 9.82. The molecule has 31 heavy (non-hydrogen) atoms. The van der Waals surface area contributed by atoms with Gasteiger partial charge >= 0.3 is 17.9 Å². The molecule has 1 aliphatic heterocycles. The number of nitrogens with zero attached hydrogens (tertiary/aromatic N) is 1. The third-order valence-corrected chi connectivity index (χ3v) is 4.55. The Morgan fingerprint density at radius 1 is 1.00 bits per heavy atom. The molecular formula is C17H26N4O10. The number of hydrogen-bond donors (Lipinski definition) is 7. The second kappa shape index (κ2) is 11.8. The summed E-state index contributed by atoms with van der Waals surface area (Å²) in [7, 11) is 0. The first-order valence-electron chi connectivity index (χ1n) is 9.40. The number of likely N-dealkylation sites (tertiary alicyclic amines) is 1. The van der Waals surface area contributed by atoms with Crippen molar-refractivity contribution in [2.45, 2.75) is 56.3 Å². The number of rotatable bonds is 12. The van der Waals surface area contributed by atoms with E-state index in [0.717, 1.165) is 4.90 Å². The summed E-state index contributed by atoms with van der Waals surface area (Å²) in [5.41, 5.74) is 5.68. The van der Waals surface area contributed by atoms with Crippen molar-refractivity contribution < 1.29 is 49.2 Å². The van der Waals surface area contributed by atoms with Crippen LogP contribution in [-0.4, -0.2) is 98.3 Å². The molecule has 1 fully saturated rings. The number of carbonyl (C=O) groups excluding carboxylic acids is 3. The van der Waals surface area contributed by atoms with Crippen LogP contribution in [0, 0.1) is 0 Å². The van der Waals surface area contributed by atoms with Gasteiger partial charge in [-0.3, -0.25) is 24.0 Å². The van der Waals surface area contributed by atoms with Gasteiger partial charge in [0.05, 0.1) is 18.7 Å². The first-order valence-corrected chi connectivity index (χ1v) is 9.40. The highest BCUT2D eigenvalue weighted by Gasteiger charge is 2.40. The second-order valence-corrected chi connectivity index (χ2v) is 7.04. The molecule has 174 valence electrons. The molecule has 1 rings (SSSR count). The molecule has 1 aliphatic rings. The third-order valence-electron chi connectivity index (χ3n) is 4.55. The van der Waals surface area contributed by atoms with Gasteiger partial charge in [-0.1, -0.05) is 0 Å². The number of nitrogens with two attached hydrogens (primary N) is 1. The first kappa shape index (κ1) is 25.8. The van der Waals surface area contributed by atoms with Crippen molar-refractivity contribution in [1.29, 1.82) is 0 Å². The van der Waals surface area contributed by atoms with E-state index in [9.17, 15) is 33.9 Å². The van der Waals surface area contributed by atoms with Crippen LogP contribution < -0.4 is 16.4 Å². The summed E-state index contributed by atoms with van der Waals surface area (Å²) in [6, 6.07) is -3.79. The molecule has 4 atom stereocenters. The summed E-state index contributed by atoms with van der Waals surface area (Å²) >= 11 is 0. The van der Waals surface area contributed by atoms with E-state index in [2.05, 4.69) is 10.6 Å². The molecule has 0 unspecified atom stereocenters. The smallest absolute Gasteiger partial charge is 0.326 e. The molecule has 0 radical (unpaired) electrons. The zero-order chi connectivity index (χ0) is 23.7. The number of hydrogen-bond acceptors (Lipinski definition) is 8. The summed E-state index contributed by atoms with van der Waals surface area (Å²) in [5, 5.41) is 40.5. The van der Waals surface area contributed by atoms with Crippen LogP contribution >= 0.6 is 0 Å². The Labute approximate surface area is 176 Å². The van der Waals surface area contributed by atoms with Crippen molar-refractivity contribution in [2.75, 3.05) is 13.1 Å². The Bertz CT molecular complexity index is 728. The van der Waals surface area contributed by atoms with Crippen molar-refractivity contribution in [3.8, 4) is 0 Å². The average Bonchev–Trinajstić information content (AvgIpc) is 3.08. The molecule has 14 nitrogen and oxygen atoms in total. The van der Waals surface area contributed by atoms with Gasteiger partial charge in [0.25, 0.3) is 0 Å². The van der Waals surface area contributed by atoms with Gasteiger partial charge in [0.2, 0.25) is 17.7 Å². The van der Waals surface area contributed by atoms with Crippen molar-refractivity contribution in [3.05, 3.63) is 0 Å². The van der Waals surface area contributed by atoms with Crippen LogP contribution in [0.25, 0.3) is 0 Å². The van der Waals surface area contributed by atoms with Gasteiger partial charge in [0, 0.05) is 25.8 Å².